The monoisotopic (exact) mass is 389 g/mol. The summed E-state index contributed by atoms with van der Waals surface area (Å²) in [6, 6.07) is 9.73. The van der Waals surface area contributed by atoms with Crippen molar-refractivity contribution in [3.8, 4) is 5.69 Å². The lowest BCUT2D eigenvalue weighted by molar-refractivity contribution is -0.122. The van der Waals surface area contributed by atoms with E-state index in [1.165, 1.54) is 36.4 Å². The fraction of sp³-hybridized carbons (Fsp3) is 0.211. The maximum atomic E-state index is 14.3. The third-order valence-electron chi connectivity index (χ3n) is 3.95. The third-order valence-corrected chi connectivity index (χ3v) is 4.19. The molecule has 8 heteroatoms. The van der Waals surface area contributed by atoms with Crippen LogP contribution < -0.4 is 16.6 Å². The van der Waals surface area contributed by atoms with Gasteiger partial charge in [-0.15, -0.1) is 0 Å². The van der Waals surface area contributed by atoms with Gasteiger partial charge < -0.3 is 5.32 Å². The quantitative estimate of drug-likeness (QED) is 0.745. The Bertz CT molecular complexity index is 1150. The van der Waals surface area contributed by atoms with Crippen LogP contribution in [0.25, 0.3) is 16.6 Å². The van der Waals surface area contributed by atoms with Crippen LogP contribution in [0, 0.1) is 5.82 Å². The Morgan fingerprint density at radius 2 is 1.89 bits per heavy atom. The molecule has 140 valence electrons. The maximum absolute atomic E-state index is 14.3. The SMILES string of the molecule is CC(C)NC(=O)Cn1c(=O)n(-c2ccccc2F)c(=O)c2ccc(Cl)cc21. The Hall–Kier alpha value is -2.93. The second-order valence-electron chi connectivity index (χ2n) is 6.34. The summed E-state index contributed by atoms with van der Waals surface area (Å²) in [6.07, 6.45) is 0. The zero-order valence-corrected chi connectivity index (χ0v) is 15.5. The largest absolute Gasteiger partial charge is 0.352 e. The number of para-hydroxylation sites is 1. The van der Waals surface area contributed by atoms with Crippen molar-refractivity contribution in [1.82, 2.24) is 14.5 Å². The van der Waals surface area contributed by atoms with E-state index in [1.807, 2.05) is 0 Å². The van der Waals surface area contributed by atoms with Gasteiger partial charge in [-0.05, 0) is 44.2 Å². The van der Waals surface area contributed by atoms with Crippen LogP contribution in [0.5, 0.6) is 0 Å². The van der Waals surface area contributed by atoms with Gasteiger partial charge in [-0.25, -0.2) is 13.8 Å². The summed E-state index contributed by atoms with van der Waals surface area (Å²) in [5.74, 6) is -1.13. The highest BCUT2D eigenvalue weighted by molar-refractivity contribution is 6.31. The van der Waals surface area contributed by atoms with E-state index in [1.54, 1.807) is 13.8 Å². The smallest absolute Gasteiger partial charge is 0.336 e. The van der Waals surface area contributed by atoms with Crippen molar-refractivity contribution in [2.24, 2.45) is 0 Å². The molecular formula is C19H17ClFN3O3. The first-order valence-corrected chi connectivity index (χ1v) is 8.66. The molecule has 3 rings (SSSR count). The normalized spacial score (nSPS) is 11.1. The average Bonchev–Trinajstić information content (AvgIpc) is 2.59. The summed E-state index contributed by atoms with van der Waals surface area (Å²) in [6.45, 7) is 3.24. The number of halogens is 2. The summed E-state index contributed by atoms with van der Waals surface area (Å²) in [5, 5.41) is 3.15. The van der Waals surface area contributed by atoms with Crippen molar-refractivity contribution in [3.63, 3.8) is 0 Å². The summed E-state index contributed by atoms with van der Waals surface area (Å²) in [7, 11) is 0. The van der Waals surface area contributed by atoms with Gasteiger partial charge in [-0.2, -0.15) is 0 Å². The van der Waals surface area contributed by atoms with Crippen molar-refractivity contribution in [3.05, 3.63) is 74.1 Å². The number of hydrogen-bond acceptors (Lipinski definition) is 3. The average molecular weight is 390 g/mol. The Kier molecular flexibility index (Phi) is 5.14. The lowest BCUT2D eigenvalue weighted by atomic mass is 10.2. The van der Waals surface area contributed by atoms with Gasteiger partial charge in [0.1, 0.15) is 12.4 Å². The molecule has 0 unspecified atom stereocenters. The molecule has 0 aliphatic heterocycles. The van der Waals surface area contributed by atoms with E-state index >= 15 is 0 Å². The second kappa shape index (κ2) is 7.36. The van der Waals surface area contributed by atoms with Crippen LogP contribution in [0.4, 0.5) is 4.39 Å². The number of aromatic nitrogens is 2. The van der Waals surface area contributed by atoms with Gasteiger partial charge in [0.05, 0.1) is 16.6 Å². The van der Waals surface area contributed by atoms with Crippen molar-refractivity contribution in [1.29, 1.82) is 0 Å². The second-order valence-corrected chi connectivity index (χ2v) is 6.78. The van der Waals surface area contributed by atoms with E-state index in [2.05, 4.69) is 5.32 Å². The highest BCUT2D eigenvalue weighted by atomic mass is 35.5. The zero-order chi connectivity index (χ0) is 19.7. The van der Waals surface area contributed by atoms with Gasteiger partial charge in [0.2, 0.25) is 5.91 Å². The molecule has 2 aromatic carbocycles. The minimum Gasteiger partial charge on any atom is -0.352 e. The van der Waals surface area contributed by atoms with E-state index in [4.69, 9.17) is 11.6 Å². The van der Waals surface area contributed by atoms with Crippen LogP contribution >= 0.6 is 11.6 Å². The van der Waals surface area contributed by atoms with Crippen molar-refractivity contribution in [2.45, 2.75) is 26.4 Å². The number of amides is 1. The summed E-state index contributed by atoms with van der Waals surface area (Å²) in [4.78, 5) is 38.1. The summed E-state index contributed by atoms with van der Waals surface area (Å²) < 4.78 is 16.1. The number of carbonyl (C=O) groups excluding carboxylic acids is 1. The topological polar surface area (TPSA) is 73.1 Å². The van der Waals surface area contributed by atoms with E-state index in [0.29, 0.717) is 5.02 Å². The molecular weight excluding hydrogens is 373 g/mol. The number of fused-ring (bicyclic) bond motifs is 1. The molecule has 0 radical (unpaired) electrons. The van der Waals surface area contributed by atoms with Crippen molar-refractivity contribution >= 4 is 28.4 Å². The van der Waals surface area contributed by atoms with Gasteiger partial charge in [-0.3, -0.25) is 14.2 Å². The lowest BCUT2D eigenvalue weighted by Crippen LogP contribution is -2.43. The van der Waals surface area contributed by atoms with Crippen molar-refractivity contribution < 1.29 is 9.18 Å². The van der Waals surface area contributed by atoms with Crippen LogP contribution in [-0.2, 0) is 11.3 Å². The lowest BCUT2D eigenvalue weighted by Gasteiger charge is -2.15. The van der Waals surface area contributed by atoms with Gasteiger partial charge >= 0.3 is 5.69 Å². The zero-order valence-electron chi connectivity index (χ0n) is 14.7. The predicted molar refractivity (Wildman–Crippen MR) is 102 cm³/mol. The molecule has 0 saturated carbocycles. The highest BCUT2D eigenvalue weighted by Gasteiger charge is 2.18. The number of rotatable bonds is 4. The van der Waals surface area contributed by atoms with Gasteiger partial charge in [0.15, 0.2) is 0 Å². The van der Waals surface area contributed by atoms with E-state index in [9.17, 15) is 18.8 Å². The molecule has 0 fully saturated rings. The molecule has 1 N–H and O–H groups in total. The number of carbonyl (C=O) groups is 1. The van der Waals surface area contributed by atoms with Crippen LogP contribution in [0.2, 0.25) is 5.02 Å². The minimum absolute atomic E-state index is 0.125. The molecule has 27 heavy (non-hydrogen) atoms. The first-order chi connectivity index (χ1) is 12.8. The number of nitrogens with one attached hydrogen (secondary N) is 1. The van der Waals surface area contributed by atoms with Crippen LogP contribution in [0.1, 0.15) is 13.8 Å². The van der Waals surface area contributed by atoms with E-state index in [-0.39, 0.29) is 29.2 Å². The summed E-state index contributed by atoms with van der Waals surface area (Å²) >= 11 is 6.01. The van der Waals surface area contributed by atoms with E-state index in [0.717, 1.165) is 15.2 Å². The maximum Gasteiger partial charge on any atom is 0.336 e. The third kappa shape index (κ3) is 3.64. The predicted octanol–water partition coefficient (Wildman–Crippen LogP) is 2.47. The standard InChI is InChI=1S/C19H17ClFN3O3/c1-11(2)22-17(25)10-23-16-9-12(20)7-8-13(16)18(26)24(19(23)27)15-6-4-3-5-14(15)21/h3-9,11H,10H2,1-2H3,(H,22,25). The van der Waals surface area contributed by atoms with Crippen LogP contribution in [0.3, 0.4) is 0 Å². The van der Waals surface area contributed by atoms with Gasteiger partial charge in [-0.1, -0.05) is 23.7 Å². The first-order valence-electron chi connectivity index (χ1n) is 8.29. The number of hydrogen-bond donors (Lipinski definition) is 1. The molecule has 1 amide bonds. The van der Waals surface area contributed by atoms with E-state index < -0.39 is 23.0 Å². The molecule has 0 saturated heterocycles. The molecule has 0 aliphatic carbocycles. The molecule has 6 nitrogen and oxygen atoms in total. The molecule has 1 heterocycles. The Labute approximate surface area is 158 Å². The van der Waals surface area contributed by atoms with Crippen LogP contribution in [0.15, 0.2) is 52.1 Å². The van der Waals surface area contributed by atoms with Gasteiger partial charge in [0.25, 0.3) is 5.56 Å². The summed E-state index contributed by atoms with van der Waals surface area (Å²) in [5.41, 5.74) is -1.47. The molecule has 0 atom stereocenters. The molecule has 3 aromatic rings. The van der Waals surface area contributed by atoms with Crippen LogP contribution in [-0.4, -0.2) is 21.1 Å². The first kappa shape index (κ1) is 18.8. The fourth-order valence-corrected chi connectivity index (χ4v) is 3.02. The molecule has 0 aliphatic rings. The van der Waals surface area contributed by atoms with Crippen molar-refractivity contribution in [2.75, 3.05) is 0 Å². The fourth-order valence-electron chi connectivity index (χ4n) is 2.85. The molecule has 0 bridgehead atoms. The Morgan fingerprint density at radius 1 is 1.19 bits per heavy atom. The number of nitrogens with zero attached hydrogens (tertiary/aromatic N) is 2. The molecule has 0 spiro atoms. The minimum atomic E-state index is -0.821. The van der Waals surface area contributed by atoms with Gasteiger partial charge in [0, 0.05) is 11.1 Å². The molecule has 1 aromatic heterocycles. The Balaban J connectivity index is 2.34. The Morgan fingerprint density at radius 3 is 2.56 bits per heavy atom. The number of benzene rings is 2. The highest BCUT2D eigenvalue weighted by Crippen LogP contribution is 2.17.